The second-order valence-electron chi connectivity index (χ2n) is 13.2. The van der Waals surface area contributed by atoms with Gasteiger partial charge in [0.1, 0.15) is 0 Å². The Morgan fingerprint density at radius 2 is 0.736 bits per heavy atom. The van der Waals surface area contributed by atoms with Crippen LogP contribution in [0.5, 0.6) is 0 Å². The molecule has 8 aromatic carbocycles. The predicted molar refractivity (Wildman–Crippen MR) is 219 cm³/mol. The number of aromatic nitrogens is 4. The Morgan fingerprint density at radius 3 is 1.34 bits per heavy atom. The van der Waals surface area contributed by atoms with Gasteiger partial charge >= 0.3 is 0 Å². The van der Waals surface area contributed by atoms with E-state index in [1.165, 1.54) is 44.0 Å². The first kappa shape index (κ1) is 30.6. The van der Waals surface area contributed by atoms with E-state index in [-0.39, 0.29) is 0 Å². The Hall–Kier alpha value is -7.17. The van der Waals surface area contributed by atoms with Crippen molar-refractivity contribution in [3.8, 4) is 62.1 Å². The van der Waals surface area contributed by atoms with E-state index < -0.39 is 0 Å². The van der Waals surface area contributed by atoms with Gasteiger partial charge in [-0.1, -0.05) is 182 Å². The molecule has 0 unspecified atom stereocenters. The summed E-state index contributed by atoms with van der Waals surface area (Å²) in [4.78, 5) is 15.5. The summed E-state index contributed by atoms with van der Waals surface area (Å²) in [6, 6.07) is 68.1. The number of hydrogen-bond donors (Lipinski definition) is 0. The smallest absolute Gasteiger partial charge is 0.238 e. The summed E-state index contributed by atoms with van der Waals surface area (Å²) in [6.07, 6.45) is 0. The van der Waals surface area contributed by atoms with Crippen molar-refractivity contribution in [1.82, 2.24) is 19.5 Å². The molecule has 0 N–H and O–H groups in total. The second kappa shape index (κ2) is 12.9. The molecule has 10 aromatic rings. The Labute approximate surface area is 307 Å². The van der Waals surface area contributed by atoms with E-state index in [1.54, 1.807) is 0 Å². The highest BCUT2D eigenvalue weighted by Crippen LogP contribution is 2.39. The van der Waals surface area contributed by atoms with E-state index in [4.69, 9.17) is 15.0 Å². The molecule has 0 saturated heterocycles. The zero-order valence-electron chi connectivity index (χ0n) is 28.8. The first-order valence-electron chi connectivity index (χ1n) is 17.9. The molecule has 4 heteroatoms. The minimum absolute atomic E-state index is 0.580. The third kappa shape index (κ3) is 5.36. The van der Waals surface area contributed by atoms with Crippen molar-refractivity contribution < 1.29 is 0 Å². The summed E-state index contributed by atoms with van der Waals surface area (Å²) >= 11 is 0. The second-order valence-corrected chi connectivity index (χ2v) is 13.2. The van der Waals surface area contributed by atoms with Gasteiger partial charge in [-0.25, -0.2) is 4.98 Å². The van der Waals surface area contributed by atoms with E-state index in [1.807, 2.05) is 18.2 Å². The summed E-state index contributed by atoms with van der Waals surface area (Å²) in [6.45, 7) is 0. The van der Waals surface area contributed by atoms with Crippen molar-refractivity contribution in [2.24, 2.45) is 0 Å². The van der Waals surface area contributed by atoms with Crippen LogP contribution >= 0.6 is 0 Å². The average molecular weight is 677 g/mol. The lowest BCUT2D eigenvalue weighted by Crippen LogP contribution is -2.06. The number of para-hydroxylation sites is 1. The third-order valence-corrected chi connectivity index (χ3v) is 10.1. The Balaban J connectivity index is 1.15. The molecule has 0 amide bonds. The fraction of sp³-hybridized carbons (Fsp3) is 0. The van der Waals surface area contributed by atoms with E-state index in [9.17, 15) is 0 Å². The third-order valence-electron chi connectivity index (χ3n) is 10.1. The zero-order chi connectivity index (χ0) is 35.1. The van der Waals surface area contributed by atoms with Gasteiger partial charge in [-0.15, -0.1) is 0 Å². The normalized spacial score (nSPS) is 11.4. The summed E-state index contributed by atoms with van der Waals surface area (Å²) in [5.41, 5.74) is 11.0. The molecule has 0 saturated carbocycles. The van der Waals surface area contributed by atoms with Gasteiger partial charge in [0.05, 0.1) is 11.0 Å². The molecule has 248 valence electrons. The summed E-state index contributed by atoms with van der Waals surface area (Å²) < 4.78 is 2.18. The SMILES string of the molecule is c1ccc(-c2nc(-c3ccc(-c4cccc5cccc(-c6ccccc6)c45)cc3)nc(-n3c4ccccc4c4c(-c5ccccc5)cccc43)n2)cc1. The zero-order valence-corrected chi connectivity index (χ0v) is 28.8. The van der Waals surface area contributed by atoms with Crippen LogP contribution in [0.2, 0.25) is 0 Å². The van der Waals surface area contributed by atoms with E-state index in [0.29, 0.717) is 17.6 Å². The van der Waals surface area contributed by atoms with Gasteiger partial charge in [-0.2, -0.15) is 9.97 Å². The first-order valence-corrected chi connectivity index (χ1v) is 17.9. The van der Waals surface area contributed by atoms with E-state index in [2.05, 4.69) is 180 Å². The Bertz CT molecular complexity index is 2910. The highest BCUT2D eigenvalue weighted by Gasteiger charge is 2.20. The molecule has 10 rings (SSSR count). The molecule has 0 radical (unpaired) electrons. The molecule has 2 heterocycles. The van der Waals surface area contributed by atoms with Crippen molar-refractivity contribution in [2.75, 3.05) is 0 Å². The van der Waals surface area contributed by atoms with Crippen LogP contribution in [0.15, 0.2) is 194 Å². The van der Waals surface area contributed by atoms with Crippen LogP contribution in [0.4, 0.5) is 0 Å². The van der Waals surface area contributed by atoms with Crippen LogP contribution in [0.3, 0.4) is 0 Å². The summed E-state index contributed by atoms with van der Waals surface area (Å²) in [5, 5.41) is 4.78. The lowest BCUT2D eigenvalue weighted by atomic mass is 9.91. The van der Waals surface area contributed by atoms with Gasteiger partial charge in [-0.3, -0.25) is 4.57 Å². The largest absolute Gasteiger partial charge is 0.278 e. The first-order chi connectivity index (χ1) is 26.3. The van der Waals surface area contributed by atoms with Gasteiger partial charge in [0.25, 0.3) is 0 Å². The van der Waals surface area contributed by atoms with E-state index >= 15 is 0 Å². The van der Waals surface area contributed by atoms with Crippen LogP contribution in [-0.2, 0) is 0 Å². The molecule has 4 nitrogen and oxygen atoms in total. The lowest BCUT2D eigenvalue weighted by molar-refractivity contribution is 0.953. The summed E-state index contributed by atoms with van der Waals surface area (Å²) in [7, 11) is 0. The monoisotopic (exact) mass is 676 g/mol. The van der Waals surface area contributed by atoms with Crippen molar-refractivity contribution in [1.29, 1.82) is 0 Å². The van der Waals surface area contributed by atoms with Crippen LogP contribution in [-0.4, -0.2) is 19.5 Å². The van der Waals surface area contributed by atoms with Crippen molar-refractivity contribution in [3.63, 3.8) is 0 Å². The van der Waals surface area contributed by atoms with E-state index in [0.717, 1.165) is 33.1 Å². The average Bonchev–Trinajstić information content (AvgIpc) is 3.59. The molecule has 0 atom stereocenters. The van der Waals surface area contributed by atoms with Gasteiger partial charge in [-0.05, 0) is 56.3 Å². The molecule has 0 spiro atoms. The fourth-order valence-electron chi connectivity index (χ4n) is 7.64. The van der Waals surface area contributed by atoms with Gasteiger partial charge < -0.3 is 0 Å². The Morgan fingerprint density at radius 1 is 0.302 bits per heavy atom. The fourth-order valence-corrected chi connectivity index (χ4v) is 7.64. The van der Waals surface area contributed by atoms with Crippen molar-refractivity contribution in [3.05, 3.63) is 194 Å². The molecule has 53 heavy (non-hydrogen) atoms. The van der Waals surface area contributed by atoms with Crippen LogP contribution in [0.1, 0.15) is 0 Å². The summed E-state index contributed by atoms with van der Waals surface area (Å²) in [5.74, 6) is 1.82. The number of fused-ring (bicyclic) bond motifs is 4. The van der Waals surface area contributed by atoms with Crippen molar-refractivity contribution in [2.45, 2.75) is 0 Å². The molecule has 0 bridgehead atoms. The maximum Gasteiger partial charge on any atom is 0.238 e. The predicted octanol–water partition coefficient (Wildman–Crippen LogP) is 12.5. The highest BCUT2D eigenvalue weighted by molar-refractivity contribution is 6.15. The number of benzene rings is 8. The van der Waals surface area contributed by atoms with Crippen LogP contribution in [0, 0.1) is 0 Å². The quantitative estimate of drug-likeness (QED) is 0.176. The van der Waals surface area contributed by atoms with Crippen LogP contribution < -0.4 is 0 Å². The minimum atomic E-state index is 0.580. The van der Waals surface area contributed by atoms with Crippen LogP contribution in [0.25, 0.3) is 94.7 Å². The maximum absolute atomic E-state index is 5.22. The van der Waals surface area contributed by atoms with Gasteiger partial charge in [0, 0.05) is 21.9 Å². The minimum Gasteiger partial charge on any atom is -0.278 e. The molecule has 0 fully saturated rings. The molecule has 0 aliphatic carbocycles. The molecule has 0 aliphatic rings. The topological polar surface area (TPSA) is 43.6 Å². The number of rotatable bonds is 6. The van der Waals surface area contributed by atoms with Gasteiger partial charge in [0.15, 0.2) is 11.6 Å². The number of nitrogens with zero attached hydrogens (tertiary/aromatic N) is 4. The molecule has 2 aromatic heterocycles. The highest BCUT2D eigenvalue weighted by atomic mass is 15.2. The Kier molecular flexibility index (Phi) is 7.43. The maximum atomic E-state index is 5.22. The molecular formula is C49H32N4. The number of hydrogen-bond acceptors (Lipinski definition) is 3. The molecular weight excluding hydrogens is 645 g/mol. The molecule has 0 aliphatic heterocycles. The van der Waals surface area contributed by atoms with Crippen molar-refractivity contribution >= 4 is 32.6 Å². The van der Waals surface area contributed by atoms with Gasteiger partial charge in [0.2, 0.25) is 5.95 Å². The lowest BCUT2D eigenvalue weighted by Gasteiger charge is -2.13. The standard InChI is InChI=1S/C49H32N4/c1-4-15-33(16-5-1)39-24-12-21-36-22-13-25-40(45(36)39)35-29-31-38(32-30-35)48-50-47(37-19-8-3-9-20-37)51-49(52-48)53-43-27-11-10-23-42(43)46-41(26-14-28-44(46)53)34-17-6-2-7-18-34/h1-32H.